The quantitative estimate of drug-likeness (QED) is 0.462. The van der Waals surface area contributed by atoms with Gasteiger partial charge in [-0.2, -0.15) is 0 Å². The molecule has 0 unspecified atom stereocenters. The lowest BCUT2D eigenvalue weighted by Gasteiger charge is -1.80. The van der Waals surface area contributed by atoms with E-state index in [-0.39, 0.29) is 0 Å². The van der Waals surface area contributed by atoms with E-state index in [1.54, 1.807) is 0 Å². The predicted molar refractivity (Wildman–Crippen MR) is 32.9 cm³/mol. The smallest absolute Gasteiger partial charge is 0.00980 e. The minimum absolute atomic E-state index is 0.877. The molecule has 0 bridgehead atoms. The third-order valence-electron chi connectivity index (χ3n) is 0.600. The molecule has 0 fully saturated rings. The summed E-state index contributed by atoms with van der Waals surface area (Å²) in [4.78, 5) is 0. The van der Waals surface area contributed by atoms with Gasteiger partial charge in [0, 0.05) is 0 Å². The van der Waals surface area contributed by atoms with Crippen LogP contribution in [0.1, 0.15) is 20.3 Å². The molecule has 1 radical (unpaired) electrons. The van der Waals surface area contributed by atoms with Crippen LogP contribution in [-0.4, -0.2) is 0 Å². The molecule has 0 aliphatic heterocycles. The van der Waals surface area contributed by atoms with Crippen LogP contribution < -0.4 is 0 Å². The van der Waals surface area contributed by atoms with E-state index in [9.17, 15) is 0 Å². The van der Waals surface area contributed by atoms with Crippen molar-refractivity contribution >= 4 is 0 Å². The van der Waals surface area contributed by atoms with Gasteiger partial charge in [0.15, 0.2) is 0 Å². The molecule has 0 amide bonds. The van der Waals surface area contributed by atoms with Gasteiger partial charge in [0.2, 0.25) is 0 Å². The van der Waals surface area contributed by atoms with Gasteiger partial charge in [-0.1, -0.05) is 11.6 Å². The van der Waals surface area contributed by atoms with Crippen LogP contribution in [0.2, 0.25) is 0 Å². The summed E-state index contributed by atoms with van der Waals surface area (Å²) in [6.07, 6.45) is 5.81. The Balaban J connectivity index is 3.25. The van der Waals surface area contributed by atoms with E-state index in [1.165, 1.54) is 5.57 Å². The fraction of sp³-hybridized carbons (Fsp3) is 0.429. The molecule has 0 spiro atoms. The molecular weight excluding hydrogens is 84.1 g/mol. The maximum atomic E-state index is 3.56. The average molecular weight is 95.2 g/mol. The van der Waals surface area contributed by atoms with E-state index in [2.05, 4.69) is 12.7 Å². The zero-order chi connectivity index (χ0) is 5.70. The third kappa shape index (κ3) is 5.48. The van der Waals surface area contributed by atoms with Crippen molar-refractivity contribution in [2.45, 2.75) is 20.3 Å². The van der Waals surface area contributed by atoms with Gasteiger partial charge < -0.3 is 0 Å². The molecule has 39 valence electrons. The molecule has 0 heteroatoms. The molecule has 0 aromatic carbocycles. The number of rotatable bonds is 2. The van der Waals surface area contributed by atoms with Gasteiger partial charge >= 0.3 is 0 Å². The highest BCUT2D eigenvalue weighted by Gasteiger charge is 1.71. The van der Waals surface area contributed by atoms with Crippen molar-refractivity contribution < 1.29 is 0 Å². The van der Waals surface area contributed by atoms with Gasteiger partial charge in [-0.3, -0.25) is 0 Å². The van der Waals surface area contributed by atoms with Crippen molar-refractivity contribution in [3.8, 4) is 0 Å². The van der Waals surface area contributed by atoms with Crippen LogP contribution in [0.4, 0.5) is 0 Å². The van der Waals surface area contributed by atoms with Crippen LogP contribution in [0.25, 0.3) is 0 Å². The molecule has 0 heterocycles. The minimum Gasteiger partial charge on any atom is -0.103 e. The Hall–Kier alpha value is -0.520. The van der Waals surface area contributed by atoms with Gasteiger partial charge in [-0.05, 0) is 26.3 Å². The molecular formula is C7H11. The van der Waals surface area contributed by atoms with Crippen LogP contribution in [0.3, 0.4) is 0 Å². The summed E-state index contributed by atoms with van der Waals surface area (Å²) < 4.78 is 0. The number of hydrogen-bond acceptors (Lipinski definition) is 0. The largest absolute Gasteiger partial charge is 0.103 e. The fourth-order valence-corrected chi connectivity index (χ4v) is 0.276. The highest BCUT2D eigenvalue weighted by molar-refractivity contribution is 4.89. The average Bonchev–Trinajstić information content (AvgIpc) is 1.61. The Morgan fingerprint density at radius 2 is 2.29 bits per heavy atom. The summed E-state index contributed by atoms with van der Waals surface area (Å²) in [7, 11) is 0. The molecule has 7 heavy (non-hydrogen) atoms. The lowest BCUT2D eigenvalue weighted by Crippen LogP contribution is -1.62. The van der Waals surface area contributed by atoms with Gasteiger partial charge in [0.1, 0.15) is 0 Å². The normalized spacial score (nSPS) is 7.71. The zero-order valence-corrected chi connectivity index (χ0v) is 4.99. The van der Waals surface area contributed by atoms with Crippen LogP contribution in [0.5, 0.6) is 0 Å². The monoisotopic (exact) mass is 95.1 g/mol. The first-order valence-electron chi connectivity index (χ1n) is 2.42. The van der Waals surface area contributed by atoms with Crippen molar-refractivity contribution in [2.24, 2.45) is 0 Å². The molecule has 0 nitrogen and oxygen atoms in total. The Kier molecular flexibility index (Phi) is 3.39. The molecule has 0 aromatic heterocycles. The summed E-state index contributed by atoms with van der Waals surface area (Å²) in [5, 5.41) is 0. The van der Waals surface area contributed by atoms with E-state index >= 15 is 0 Å². The van der Waals surface area contributed by atoms with Crippen molar-refractivity contribution in [2.75, 3.05) is 0 Å². The Labute approximate surface area is 45.5 Å². The molecule has 0 saturated heterocycles. The molecule has 0 aliphatic rings. The number of hydrogen-bond donors (Lipinski definition) is 0. The Bertz CT molecular complexity index is 74.0. The second kappa shape index (κ2) is 3.66. The van der Waals surface area contributed by atoms with Crippen LogP contribution >= 0.6 is 0 Å². The molecule has 0 N–H and O–H groups in total. The highest BCUT2D eigenvalue weighted by atomic mass is 13.8. The second-order valence-electron chi connectivity index (χ2n) is 1.67. The van der Waals surface area contributed by atoms with Crippen molar-refractivity contribution in [1.82, 2.24) is 0 Å². The Morgan fingerprint density at radius 1 is 1.71 bits per heavy atom. The molecule has 0 saturated carbocycles. The van der Waals surface area contributed by atoms with Crippen LogP contribution in [0, 0.1) is 6.08 Å². The zero-order valence-electron chi connectivity index (χ0n) is 4.99. The molecule has 0 aromatic rings. The predicted octanol–water partition coefficient (Wildman–Crippen LogP) is 2.33. The molecule has 0 aliphatic carbocycles. The van der Waals surface area contributed by atoms with E-state index < -0.39 is 0 Å². The van der Waals surface area contributed by atoms with Crippen molar-refractivity contribution in [3.05, 3.63) is 24.3 Å². The lowest BCUT2D eigenvalue weighted by molar-refractivity contribution is 1.24. The standard InChI is InChI=1S/C7H11/c1-4-5-6-7(2)3/h4H,1,5H2,2-3H3. The van der Waals surface area contributed by atoms with Crippen molar-refractivity contribution in [3.63, 3.8) is 0 Å². The van der Waals surface area contributed by atoms with Gasteiger partial charge in [-0.15, -0.1) is 6.58 Å². The summed E-state index contributed by atoms with van der Waals surface area (Å²) in [5.74, 6) is 0. The number of allylic oxidation sites excluding steroid dienone is 3. The first-order chi connectivity index (χ1) is 3.27. The summed E-state index contributed by atoms with van der Waals surface area (Å²) >= 11 is 0. The van der Waals surface area contributed by atoms with Gasteiger partial charge in [-0.25, -0.2) is 0 Å². The fourth-order valence-electron chi connectivity index (χ4n) is 0.276. The Morgan fingerprint density at radius 3 is 2.43 bits per heavy atom. The summed E-state index contributed by atoms with van der Waals surface area (Å²) in [6.45, 7) is 7.62. The maximum Gasteiger partial charge on any atom is -0.00980 e. The highest BCUT2D eigenvalue weighted by Crippen LogP contribution is 1.89. The molecule has 0 atom stereocenters. The van der Waals surface area contributed by atoms with Crippen molar-refractivity contribution in [1.29, 1.82) is 0 Å². The minimum atomic E-state index is 0.877. The van der Waals surface area contributed by atoms with Gasteiger partial charge in [0.05, 0.1) is 0 Å². The topological polar surface area (TPSA) is 0 Å². The van der Waals surface area contributed by atoms with E-state index in [0.29, 0.717) is 0 Å². The van der Waals surface area contributed by atoms with E-state index in [4.69, 9.17) is 0 Å². The second-order valence-corrected chi connectivity index (χ2v) is 1.67. The van der Waals surface area contributed by atoms with Gasteiger partial charge in [0.25, 0.3) is 0 Å². The summed E-state index contributed by atoms with van der Waals surface area (Å²) in [6, 6.07) is 0. The van der Waals surface area contributed by atoms with Crippen LogP contribution in [0.15, 0.2) is 18.2 Å². The van der Waals surface area contributed by atoms with E-state index in [0.717, 1.165) is 6.42 Å². The first kappa shape index (κ1) is 6.48. The lowest BCUT2D eigenvalue weighted by atomic mass is 10.3. The SMILES string of the molecule is C=CC[C]=C(C)C. The molecule has 0 rings (SSSR count). The van der Waals surface area contributed by atoms with E-state index in [1.807, 2.05) is 19.9 Å². The first-order valence-corrected chi connectivity index (χ1v) is 2.42. The van der Waals surface area contributed by atoms with Crippen LogP contribution in [-0.2, 0) is 0 Å². The summed E-state index contributed by atoms with van der Waals surface area (Å²) in [5.41, 5.74) is 1.24. The third-order valence-corrected chi connectivity index (χ3v) is 0.600. The maximum absolute atomic E-state index is 3.56.